The van der Waals surface area contributed by atoms with Gasteiger partial charge in [-0.3, -0.25) is 4.90 Å². The third-order valence-corrected chi connectivity index (χ3v) is 4.28. The van der Waals surface area contributed by atoms with E-state index >= 15 is 0 Å². The van der Waals surface area contributed by atoms with Gasteiger partial charge in [-0.05, 0) is 36.2 Å². The van der Waals surface area contributed by atoms with Crippen molar-refractivity contribution in [3.8, 4) is 0 Å². The van der Waals surface area contributed by atoms with Crippen LogP contribution in [0.4, 0.5) is 0 Å². The highest BCUT2D eigenvalue weighted by molar-refractivity contribution is 5.15. The molecule has 1 saturated heterocycles. The van der Waals surface area contributed by atoms with Gasteiger partial charge in [0.05, 0.1) is 0 Å². The van der Waals surface area contributed by atoms with Gasteiger partial charge in [-0.2, -0.15) is 0 Å². The average Bonchev–Trinajstić information content (AvgIpc) is 3.12. The minimum Gasteiger partial charge on any atom is -0.396 e. The van der Waals surface area contributed by atoms with Crippen molar-refractivity contribution in [2.45, 2.75) is 19.4 Å². The van der Waals surface area contributed by atoms with Gasteiger partial charge in [0.25, 0.3) is 0 Å². The van der Waals surface area contributed by atoms with Gasteiger partial charge in [-0.1, -0.05) is 30.3 Å². The van der Waals surface area contributed by atoms with Crippen molar-refractivity contribution in [2.24, 2.45) is 17.8 Å². The number of benzene rings is 1. The summed E-state index contributed by atoms with van der Waals surface area (Å²) in [6.45, 7) is 3.82. The van der Waals surface area contributed by atoms with Crippen LogP contribution in [-0.2, 0) is 6.54 Å². The van der Waals surface area contributed by atoms with Crippen LogP contribution >= 0.6 is 0 Å². The van der Waals surface area contributed by atoms with Crippen molar-refractivity contribution in [3.63, 3.8) is 0 Å². The summed E-state index contributed by atoms with van der Waals surface area (Å²) in [4.78, 5) is 2.49. The standard InChI is InChI=1S/C15H21NO/c17-11-15(13-6-7-13)14-9-16(10-14)8-12-4-2-1-3-5-12/h1-5,13-15,17H,6-11H2. The largest absolute Gasteiger partial charge is 0.396 e. The molecule has 1 aliphatic heterocycles. The molecule has 3 rings (SSSR count). The smallest absolute Gasteiger partial charge is 0.0465 e. The van der Waals surface area contributed by atoms with Crippen LogP contribution in [0.5, 0.6) is 0 Å². The Morgan fingerprint density at radius 3 is 2.41 bits per heavy atom. The van der Waals surface area contributed by atoms with Gasteiger partial charge < -0.3 is 5.11 Å². The number of aliphatic hydroxyl groups is 1. The van der Waals surface area contributed by atoms with Gasteiger partial charge in [0.15, 0.2) is 0 Å². The lowest BCUT2D eigenvalue weighted by atomic mass is 9.83. The molecule has 0 radical (unpaired) electrons. The second-order valence-electron chi connectivity index (χ2n) is 5.62. The van der Waals surface area contributed by atoms with Gasteiger partial charge in [0, 0.05) is 26.2 Å². The second-order valence-corrected chi connectivity index (χ2v) is 5.62. The third kappa shape index (κ3) is 2.53. The van der Waals surface area contributed by atoms with Gasteiger partial charge in [0.1, 0.15) is 0 Å². The molecule has 0 amide bonds. The monoisotopic (exact) mass is 231 g/mol. The molecule has 1 aromatic carbocycles. The van der Waals surface area contributed by atoms with Crippen LogP contribution in [0.3, 0.4) is 0 Å². The highest BCUT2D eigenvalue weighted by Gasteiger charge is 2.41. The first kappa shape index (κ1) is 11.2. The topological polar surface area (TPSA) is 23.5 Å². The SMILES string of the molecule is OCC(C1CC1)C1CN(Cc2ccccc2)C1. The molecule has 1 unspecified atom stereocenters. The lowest BCUT2D eigenvalue weighted by Gasteiger charge is -2.43. The zero-order valence-corrected chi connectivity index (χ0v) is 10.3. The fourth-order valence-corrected chi connectivity index (χ4v) is 3.06. The molecule has 0 aromatic heterocycles. The van der Waals surface area contributed by atoms with Crippen LogP contribution in [0.2, 0.25) is 0 Å². The van der Waals surface area contributed by atoms with Crippen LogP contribution in [0.15, 0.2) is 30.3 Å². The molecular formula is C15H21NO. The molecule has 2 fully saturated rings. The van der Waals surface area contributed by atoms with E-state index < -0.39 is 0 Å². The fourth-order valence-electron chi connectivity index (χ4n) is 3.06. The quantitative estimate of drug-likeness (QED) is 0.839. The molecule has 0 bridgehead atoms. The summed E-state index contributed by atoms with van der Waals surface area (Å²) in [5.41, 5.74) is 1.40. The molecule has 1 saturated carbocycles. The highest BCUT2D eigenvalue weighted by atomic mass is 16.3. The van der Waals surface area contributed by atoms with Gasteiger partial charge in [0.2, 0.25) is 0 Å². The summed E-state index contributed by atoms with van der Waals surface area (Å²) in [7, 11) is 0. The van der Waals surface area contributed by atoms with Crippen molar-refractivity contribution in [3.05, 3.63) is 35.9 Å². The molecule has 1 atom stereocenters. The highest BCUT2D eigenvalue weighted by Crippen LogP contribution is 2.43. The van der Waals surface area contributed by atoms with Gasteiger partial charge in [-0.25, -0.2) is 0 Å². The number of aliphatic hydroxyl groups excluding tert-OH is 1. The molecule has 0 spiro atoms. The number of rotatable bonds is 5. The van der Waals surface area contributed by atoms with E-state index in [-0.39, 0.29) is 0 Å². The van der Waals surface area contributed by atoms with E-state index in [1.54, 1.807) is 0 Å². The maximum Gasteiger partial charge on any atom is 0.0465 e. The molecule has 2 heteroatoms. The first-order valence-electron chi connectivity index (χ1n) is 6.74. The molecule has 92 valence electrons. The van der Waals surface area contributed by atoms with Crippen LogP contribution in [0, 0.1) is 17.8 Å². The van der Waals surface area contributed by atoms with Gasteiger partial charge >= 0.3 is 0 Å². The summed E-state index contributed by atoms with van der Waals surface area (Å²) in [6.07, 6.45) is 2.70. The van der Waals surface area contributed by atoms with E-state index in [9.17, 15) is 5.11 Å². The molecule has 1 aliphatic carbocycles. The fraction of sp³-hybridized carbons (Fsp3) is 0.600. The molecule has 2 aliphatic rings. The van der Waals surface area contributed by atoms with E-state index in [4.69, 9.17) is 0 Å². The number of hydrogen-bond donors (Lipinski definition) is 1. The summed E-state index contributed by atoms with van der Waals surface area (Å²) in [5, 5.41) is 9.43. The van der Waals surface area contributed by atoms with Crippen molar-refractivity contribution >= 4 is 0 Å². The Morgan fingerprint density at radius 2 is 1.82 bits per heavy atom. The Balaban J connectivity index is 1.48. The van der Waals surface area contributed by atoms with Crippen molar-refractivity contribution in [1.29, 1.82) is 0 Å². The minimum atomic E-state index is 0.397. The van der Waals surface area contributed by atoms with E-state index in [0.717, 1.165) is 18.4 Å². The average molecular weight is 231 g/mol. The normalized spacial score (nSPS) is 23.4. The Labute approximate surface area is 103 Å². The van der Waals surface area contributed by atoms with E-state index in [0.29, 0.717) is 12.5 Å². The molecule has 2 nitrogen and oxygen atoms in total. The van der Waals surface area contributed by atoms with Crippen LogP contribution in [0.1, 0.15) is 18.4 Å². The summed E-state index contributed by atoms with van der Waals surface area (Å²) in [5.74, 6) is 2.17. The zero-order valence-electron chi connectivity index (χ0n) is 10.3. The van der Waals surface area contributed by atoms with Crippen molar-refractivity contribution in [1.82, 2.24) is 4.90 Å². The predicted octanol–water partition coefficient (Wildman–Crippen LogP) is 2.14. The molecular weight excluding hydrogens is 210 g/mol. The molecule has 1 N–H and O–H groups in total. The zero-order chi connectivity index (χ0) is 11.7. The molecule has 17 heavy (non-hydrogen) atoms. The maximum atomic E-state index is 9.43. The third-order valence-electron chi connectivity index (χ3n) is 4.28. The van der Waals surface area contributed by atoms with Crippen molar-refractivity contribution in [2.75, 3.05) is 19.7 Å². The Kier molecular flexibility index (Phi) is 3.17. The number of hydrogen-bond acceptors (Lipinski definition) is 2. The van der Waals surface area contributed by atoms with Crippen LogP contribution < -0.4 is 0 Å². The lowest BCUT2D eigenvalue weighted by Crippen LogP contribution is -2.50. The number of likely N-dealkylation sites (tertiary alicyclic amines) is 1. The summed E-state index contributed by atoms with van der Waals surface area (Å²) in [6, 6.07) is 10.7. The lowest BCUT2D eigenvalue weighted by molar-refractivity contribution is 0.0183. The van der Waals surface area contributed by atoms with Crippen LogP contribution in [0.25, 0.3) is 0 Å². The minimum absolute atomic E-state index is 0.397. The first-order valence-corrected chi connectivity index (χ1v) is 6.74. The maximum absolute atomic E-state index is 9.43. The van der Waals surface area contributed by atoms with E-state index in [1.807, 2.05) is 0 Å². The first-order chi connectivity index (χ1) is 8.36. The van der Waals surface area contributed by atoms with Gasteiger partial charge in [-0.15, -0.1) is 0 Å². The summed E-state index contributed by atoms with van der Waals surface area (Å²) >= 11 is 0. The van der Waals surface area contributed by atoms with Crippen molar-refractivity contribution < 1.29 is 5.11 Å². The second kappa shape index (κ2) is 4.79. The predicted molar refractivity (Wildman–Crippen MR) is 68.5 cm³/mol. The summed E-state index contributed by atoms with van der Waals surface area (Å²) < 4.78 is 0. The van der Waals surface area contributed by atoms with E-state index in [2.05, 4.69) is 35.2 Å². The van der Waals surface area contributed by atoms with Crippen LogP contribution in [-0.4, -0.2) is 29.7 Å². The molecule has 1 heterocycles. The Hall–Kier alpha value is -0.860. The Bertz CT molecular complexity index is 354. The Morgan fingerprint density at radius 1 is 1.12 bits per heavy atom. The number of nitrogens with zero attached hydrogens (tertiary/aromatic N) is 1. The van der Waals surface area contributed by atoms with E-state index in [1.165, 1.54) is 31.5 Å². The molecule has 1 aromatic rings.